The van der Waals surface area contributed by atoms with Crippen LogP contribution in [0.15, 0.2) is 18.2 Å². The summed E-state index contributed by atoms with van der Waals surface area (Å²) in [6.07, 6.45) is -1.38. The van der Waals surface area contributed by atoms with E-state index in [-0.39, 0.29) is 11.3 Å². The van der Waals surface area contributed by atoms with Crippen LogP contribution >= 0.6 is 11.6 Å². The van der Waals surface area contributed by atoms with Crippen molar-refractivity contribution in [2.75, 3.05) is 5.73 Å². The predicted molar refractivity (Wildman–Crippen MR) is 112 cm³/mol. The van der Waals surface area contributed by atoms with Crippen molar-refractivity contribution in [3.05, 3.63) is 28.8 Å². The summed E-state index contributed by atoms with van der Waals surface area (Å²) in [6.45, 7) is 8.16. The van der Waals surface area contributed by atoms with Gasteiger partial charge in [-0.05, 0) is 44.9 Å². The number of rotatable bonds is 8. The molecule has 30 heavy (non-hydrogen) atoms. The molecule has 0 heterocycles. The zero-order valence-corrected chi connectivity index (χ0v) is 18.4. The van der Waals surface area contributed by atoms with Gasteiger partial charge in [-0.2, -0.15) is 0 Å². The Morgan fingerprint density at radius 1 is 1.17 bits per heavy atom. The SMILES string of the molecule is CC(C)[C@H](NC(=O)C(CC(=O)c1ccc(Cl)cc1N)NC(=O)OC(C)(C)C)C(=O)O. The lowest BCUT2D eigenvalue weighted by Crippen LogP contribution is -2.54. The maximum atomic E-state index is 12.7. The molecule has 1 aromatic rings. The fourth-order valence-electron chi connectivity index (χ4n) is 2.51. The summed E-state index contributed by atoms with van der Waals surface area (Å²) in [5.74, 6) is -3.02. The molecule has 10 heteroatoms. The first-order valence-corrected chi connectivity index (χ1v) is 9.70. The molecular weight excluding hydrogens is 414 g/mol. The molecule has 0 radical (unpaired) electrons. The Morgan fingerprint density at radius 3 is 2.23 bits per heavy atom. The number of nitrogens with one attached hydrogen (secondary N) is 2. The molecule has 0 saturated heterocycles. The van der Waals surface area contributed by atoms with Gasteiger partial charge in [0.1, 0.15) is 17.7 Å². The van der Waals surface area contributed by atoms with Crippen LogP contribution in [0.5, 0.6) is 0 Å². The minimum absolute atomic E-state index is 0.120. The van der Waals surface area contributed by atoms with Gasteiger partial charge >= 0.3 is 12.1 Å². The van der Waals surface area contributed by atoms with Gasteiger partial charge in [0.15, 0.2) is 5.78 Å². The van der Waals surface area contributed by atoms with Crippen molar-refractivity contribution in [2.24, 2.45) is 5.92 Å². The fourth-order valence-corrected chi connectivity index (χ4v) is 2.69. The first kappa shape index (κ1) is 25.2. The highest BCUT2D eigenvalue weighted by molar-refractivity contribution is 6.31. The second-order valence-corrected chi connectivity index (χ2v) is 8.56. The summed E-state index contributed by atoms with van der Waals surface area (Å²) in [6, 6.07) is 1.71. The van der Waals surface area contributed by atoms with Gasteiger partial charge in [0, 0.05) is 22.7 Å². The van der Waals surface area contributed by atoms with Crippen molar-refractivity contribution in [3.63, 3.8) is 0 Å². The van der Waals surface area contributed by atoms with E-state index in [4.69, 9.17) is 22.1 Å². The molecule has 2 amide bonds. The number of carbonyl (C=O) groups excluding carboxylic acids is 3. The van der Waals surface area contributed by atoms with Crippen LogP contribution < -0.4 is 16.4 Å². The Bertz CT molecular complexity index is 819. The van der Waals surface area contributed by atoms with Gasteiger partial charge in [-0.15, -0.1) is 0 Å². The maximum Gasteiger partial charge on any atom is 0.408 e. The number of nitrogen functional groups attached to an aromatic ring is 1. The average molecular weight is 442 g/mol. The number of hydrogen-bond donors (Lipinski definition) is 4. The van der Waals surface area contributed by atoms with Gasteiger partial charge in [0.2, 0.25) is 5.91 Å². The van der Waals surface area contributed by atoms with E-state index in [9.17, 15) is 24.3 Å². The molecule has 1 unspecified atom stereocenters. The first-order chi connectivity index (χ1) is 13.7. The van der Waals surface area contributed by atoms with Crippen LogP contribution in [0.3, 0.4) is 0 Å². The summed E-state index contributed by atoms with van der Waals surface area (Å²) in [4.78, 5) is 49.0. The zero-order chi connectivity index (χ0) is 23.2. The van der Waals surface area contributed by atoms with E-state index in [0.29, 0.717) is 5.02 Å². The number of carbonyl (C=O) groups is 4. The zero-order valence-electron chi connectivity index (χ0n) is 17.6. The Labute approximate surface area is 180 Å². The Morgan fingerprint density at radius 2 is 1.77 bits per heavy atom. The lowest BCUT2D eigenvalue weighted by atomic mass is 10.00. The Kier molecular flexibility index (Phi) is 8.65. The number of ketones is 1. The molecule has 0 bridgehead atoms. The summed E-state index contributed by atoms with van der Waals surface area (Å²) in [7, 11) is 0. The van der Waals surface area contributed by atoms with Crippen molar-refractivity contribution in [1.29, 1.82) is 0 Å². The molecule has 9 nitrogen and oxygen atoms in total. The average Bonchev–Trinajstić information content (AvgIpc) is 2.56. The third kappa shape index (κ3) is 7.90. The highest BCUT2D eigenvalue weighted by Crippen LogP contribution is 2.20. The van der Waals surface area contributed by atoms with Crippen molar-refractivity contribution in [2.45, 2.75) is 58.7 Å². The Hall–Kier alpha value is -2.81. The quantitative estimate of drug-likeness (QED) is 0.358. The first-order valence-electron chi connectivity index (χ1n) is 9.32. The lowest BCUT2D eigenvalue weighted by molar-refractivity contribution is -0.143. The minimum atomic E-state index is -1.37. The van der Waals surface area contributed by atoms with Gasteiger partial charge in [0.25, 0.3) is 0 Å². The van der Waals surface area contributed by atoms with E-state index in [2.05, 4.69) is 10.6 Å². The molecular formula is C20H28ClN3O6. The summed E-state index contributed by atoms with van der Waals surface area (Å²) < 4.78 is 5.15. The van der Waals surface area contributed by atoms with E-state index in [1.807, 2.05) is 0 Å². The number of alkyl carbamates (subject to hydrolysis) is 1. The number of hydrogen-bond acceptors (Lipinski definition) is 6. The largest absolute Gasteiger partial charge is 0.480 e. The molecule has 0 spiro atoms. The molecule has 0 aliphatic carbocycles. The second-order valence-electron chi connectivity index (χ2n) is 8.13. The van der Waals surface area contributed by atoms with Crippen LogP contribution in [0, 0.1) is 5.92 Å². The minimum Gasteiger partial charge on any atom is -0.480 e. The molecule has 0 aliphatic rings. The van der Waals surface area contributed by atoms with E-state index >= 15 is 0 Å². The van der Waals surface area contributed by atoms with Gasteiger partial charge in [-0.1, -0.05) is 25.4 Å². The maximum absolute atomic E-state index is 12.7. The predicted octanol–water partition coefficient (Wildman–Crippen LogP) is 2.61. The lowest BCUT2D eigenvalue weighted by Gasteiger charge is -2.25. The fraction of sp³-hybridized carbons (Fsp3) is 0.500. The molecule has 2 atom stereocenters. The monoisotopic (exact) mass is 441 g/mol. The number of halogens is 1. The topological polar surface area (TPSA) is 148 Å². The standard InChI is InChI=1S/C20H28ClN3O6/c1-10(2)16(18(27)28)24-17(26)14(23-19(29)30-20(3,4)5)9-15(25)12-7-6-11(21)8-13(12)22/h6-8,10,14,16H,9,22H2,1-5H3,(H,23,29)(H,24,26)(H,27,28)/t14?,16-/m0/s1. The van der Waals surface area contributed by atoms with E-state index in [1.54, 1.807) is 34.6 Å². The van der Waals surface area contributed by atoms with E-state index in [1.165, 1.54) is 18.2 Å². The number of amides is 2. The third-order valence-corrected chi connectivity index (χ3v) is 4.18. The molecule has 1 aromatic carbocycles. The van der Waals surface area contributed by atoms with Crippen LogP contribution in [0.4, 0.5) is 10.5 Å². The second kappa shape index (κ2) is 10.3. The highest BCUT2D eigenvalue weighted by Gasteiger charge is 2.31. The van der Waals surface area contributed by atoms with Gasteiger partial charge in [-0.3, -0.25) is 9.59 Å². The van der Waals surface area contributed by atoms with Gasteiger partial charge < -0.3 is 26.2 Å². The molecule has 1 rings (SSSR count). The van der Waals surface area contributed by atoms with Crippen molar-refractivity contribution < 1.29 is 29.0 Å². The number of anilines is 1. The number of benzene rings is 1. The number of carboxylic acid groups (broad SMARTS) is 1. The molecule has 0 aliphatic heterocycles. The number of aliphatic carboxylic acids is 1. The number of carboxylic acids is 1. The normalized spacial score (nSPS) is 13.3. The van der Waals surface area contributed by atoms with Crippen LogP contribution in [-0.2, 0) is 14.3 Å². The van der Waals surface area contributed by atoms with Crippen LogP contribution in [0.25, 0.3) is 0 Å². The van der Waals surface area contributed by atoms with Crippen molar-refractivity contribution >= 4 is 41.0 Å². The van der Waals surface area contributed by atoms with Crippen LogP contribution in [0.1, 0.15) is 51.4 Å². The third-order valence-electron chi connectivity index (χ3n) is 3.94. The van der Waals surface area contributed by atoms with Gasteiger partial charge in [0.05, 0.1) is 0 Å². The number of Topliss-reactive ketones (excluding diaryl/α,β-unsaturated/α-hetero) is 1. The molecule has 0 aromatic heterocycles. The Balaban J connectivity index is 3.09. The summed E-state index contributed by atoms with van der Waals surface area (Å²) >= 11 is 5.84. The highest BCUT2D eigenvalue weighted by atomic mass is 35.5. The van der Waals surface area contributed by atoms with E-state index in [0.717, 1.165) is 0 Å². The van der Waals surface area contributed by atoms with Crippen LogP contribution in [-0.4, -0.2) is 46.5 Å². The smallest absolute Gasteiger partial charge is 0.408 e. The molecule has 5 N–H and O–H groups in total. The van der Waals surface area contributed by atoms with Crippen molar-refractivity contribution in [1.82, 2.24) is 10.6 Å². The number of nitrogens with two attached hydrogens (primary N) is 1. The van der Waals surface area contributed by atoms with Crippen LogP contribution in [0.2, 0.25) is 5.02 Å². The van der Waals surface area contributed by atoms with E-state index < -0.39 is 53.8 Å². The molecule has 166 valence electrons. The summed E-state index contributed by atoms with van der Waals surface area (Å²) in [5, 5.41) is 14.3. The molecule has 0 fully saturated rings. The molecule has 0 saturated carbocycles. The summed E-state index contributed by atoms with van der Waals surface area (Å²) in [5.41, 5.74) is 5.23. The van der Waals surface area contributed by atoms with Crippen molar-refractivity contribution in [3.8, 4) is 0 Å². The number of ether oxygens (including phenoxy) is 1. The van der Waals surface area contributed by atoms with Gasteiger partial charge in [-0.25, -0.2) is 9.59 Å².